The molecule has 0 unspecified atom stereocenters. The van der Waals surface area contributed by atoms with Crippen molar-refractivity contribution in [1.29, 1.82) is 0 Å². The predicted octanol–water partition coefficient (Wildman–Crippen LogP) is 3.31. The molecule has 0 amide bonds. The lowest BCUT2D eigenvalue weighted by Crippen LogP contribution is -1.78. The molecule has 0 aliphatic carbocycles. The minimum absolute atomic E-state index is 0.496. The highest BCUT2D eigenvalue weighted by Crippen LogP contribution is 2.26. The average molecular weight is 236 g/mol. The smallest absolute Gasteiger partial charge is 0.277 e. The monoisotopic (exact) mass is 236 g/mol. The van der Waals surface area contributed by atoms with Gasteiger partial charge in [0, 0.05) is 5.75 Å². The first-order chi connectivity index (χ1) is 7.66. The van der Waals surface area contributed by atoms with Gasteiger partial charge in [-0.15, -0.1) is 10.2 Å². The van der Waals surface area contributed by atoms with Crippen molar-refractivity contribution in [3.63, 3.8) is 0 Å². The molecule has 0 N–H and O–H groups in total. The third-order valence-corrected chi connectivity index (χ3v) is 2.99. The molecule has 5 heteroatoms. The second-order valence-electron chi connectivity index (χ2n) is 3.51. The fourth-order valence-electron chi connectivity index (χ4n) is 1.17. The Balaban J connectivity index is 2.14. The average Bonchev–Trinajstić information content (AvgIpc) is 2.83. The molecule has 84 valence electrons. The molecule has 2 rings (SSSR count). The van der Waals surface area contributed by atoms with Crippen LogP contribution in [0.5, 0.6) is 0 Å². The fraction of sp³-hybridized carbons (Fsp3) is 0.273. The van der Waals surface area contributed by atoms with Gasteiger partial charge in [0.2, 0.25) is 0 Å². The molecule has 0 saturated heterocycles. The Bertz CT molecular complexity index is 502. The van der Waals surface area contributed by atoms with Crippen LogP contribution >= 0.6 is 11.8 Å². The molecule has 0 aliphatic heterocycles. The zero-order valence-electron chi connectivity index (χ0n) is 9.19. The molecule has 2 aromatic heterocycles. The second-order valence-corrected chi connectivity index (χ2v) is 4.44. The number of furan rings is 1. The molecule has 0 saturated carbocycles. The highest BCUT2D eigenvalue weighted by atomic mass is 32.2. The maximum atomic E-state index is 5.50. The molecule has 16 heavy (non-hydrogen) atoms. The number of nitrogens with zero attached hydrogens (tertiary/aromatic N) is 2. The summed E-state index contributed by atoms with van der Waals surface area (Å²) in [6.07, 6.45) is 1.61. The van der Waals surface area contributed by atoms with E-state index in [2.05, 4.69) is 16.8 Å². The van der Waals surface area contributed by atoms with Crippen molar-refractivity contribution < 1.29 is 8.83 Å². The molecule has 2 heterocycles. The van der Waals surface area contributed by atoms with Crippen molar-refractivity contribution in [3.05, 3.63) is 30.2 Å². The van der Waals surface area contributed by atoms with Gasteiger partial charge in [0.15, 0.2) is 0 Å². The Morgan fingerprint density at radius 2 is 2.31 bits per heavy atom. The quantitative estimate of drug-likeness (QED) is 0.602. The van der Waals surface area contributed by atoms with E-state index in [1.807, 2.05) is 19.9 Å². The summed E-state index contributed by atoms with van der Waals surface area (Å²) in [5.74, 6) is 2.06. The van der Waals surface area contributed by atoms with E-state index >= 15 is 0 Å². The lowest BCUT2D eigenvalue weighted by molar-refractivity contribution is 0.464. The molecule has 0 aromatic carbocycles. The van der Waals surface area contributed by atoms with E-state index in [4.69, 9.17) is 8.83 Å². The van der Waals surface area contributed by atoms with Gasteiger partial charge in [-0.3, -0.25) is 0 Å². The van der Waals surface area contributed by atoms with Crippen LogP contribution in [0.2, 0.25) is 0 Å². The van der Waals surface area contributed by atoms with E-state index in [1.165, 1.54) is 11.8 Å². The molecule has 2 aromatic rings. The minimum Gasteiger partial charge on any atom is -0.469 e. The Morgan fingerprint density at radius 1 is 1.50 bits per heavy atom. The first kappa shape index (κ1) is 11.0. The van der Waals surface area contributed by atoms with Crippen LogP contribution in [0, 0.1) is 6.92 Å². The Labute approximate surface area is 97.7 Å². The zero-order chi connectivity index (χ0) is 11.5. The first-order valence-electron chi connectivity index (χ1n) is 4.82. The summed E-state index contributed by atoms with van der Waals surface area (Å²) >= 11 is 1.48. The van der Waals surface area contributed by atoms with Gasteiger partial charge >= 0.3 is 0 Å². The molecular weight excluding hydrogens is 224 g/mol. The predicted molar refractivity (Wildman–Crippen MR) is 62.3 cm³/mol. The molecule has 0 radical (unpaired) electrons. The molecule has 0 atom stereocenters. The molecule has 0 aliphatic rings. The summed E-state index contributed by atoms with van der Waals surface area (Å²) in [7, 11) is 0. The fourth-order valence-corrected chi connectivity index (χ4v) is 1.78. The maximum Gasteiger partial charge on any atom is 0.277 e. The highest BCUT2D eigenvalue weighted by molar-refractivity contribution is 7.99. The van der Waals surface area contributed by atoms with Crippen LogP contribution in [0.25, 0.3) is 11.5 Å². The number of hydrogen-bond acceptors (Lipinski definition) is 5. The molecule has 0 bridgehead atoms. The van der Waals surface area contributed by atoms with E-state index in [9.17, 15) is 0 Å². The molecule has 0 spiro atoms. The molecular formula is C11H12N2O2S. The van der Waals surface area contributed by atoms with Gasteiger partial charge in [0.1, 0.15) is 5.76 Å². The largest absolute Gasteiger partial charge is 0.469 e. The van der Waals surface area contributed by atoms with Crippen molar-refractivity contribution >= 4 is 11.8 Å². The van der Waals surface area contributed by atoms with Crippen LogP contribution in [-0.2, 0) is 0 Å². The van der Waals surface area contributed by atoms with Crippen molar-refractivity contribution in [3.8, 4) is 11.5 Å². The zero-order valence-corrected chi connectivity index (χ0v) is 10.0. The molecule has 0 fully saturated rings. The SMILES string of the molecule is C=C(C)CSc1nnc(-c2ccoc2C)o1. The summed E-state index contributed by atoms with van der Waals surface area (Å²) in [4.78, 5) is 0. The Hall–Kier alpha value is -1.49. The van der Waals surface area contributed by atoms with E-state index in [-0.39, 0.29) is 0 Å². The Morgan fingerprint density at radius 3 is 2.94 bits per heavy atom. The van der Waals surface area contributed by atoms with Gasteiger partial charge in [-0.25, -0.2) is 0 Å². The summed E-state index contributed by atoms with van der Waals surface area (Å²) in [5, 5.41) is 8.47. The lowest BCUT2D eigenvalue weighted by atomic mass is 10.3. The van der Waals surface area contributed by atoms with Crippen molar-refractivity contribution in [2.75, 3.05) is 5.75 Å². The number of rotatable bonds is 4. The van der Waals surface area contributed by atoms with Crippen molar-refractivity contribution in [2.45, 2.75) is 19.1 Å². The first-order valence-corrected chi connectivity index (χ1v) is 5.80. The minimum atomic E-state index is 0.496. The van der Waals surface area contributed by atoms with Crippen LogP contribution < -0.4 is 0 Å². The Kier molecular flexibility index (Phi) is 3.14. The summed E-state index contributed by atoms with van der Waals surface area (Å²) in [6, 6.07) is 1.82. The third kappa shape index (κ3) is 2.36. The number of aryl methyl sites for hydroxylation is 1. The van der Waals surface area contributed by atoms with E-state index in [1.54, 1.807) is 6.26 Å². The maximum absolute atomic E-state index is 5.50. The van der Waals surface area contributed by atoms with Crippen LogP contribution in [0.15, 0.2) is 38.5 Å². The lowest BCUT2D eigenvalue weighted by Gasteiger charge is -1.93. The van der Waals surface area contributed by atoms with Gasteiger partial charge in [-0.05, 0) is 19.9 Å². The summed E-state index contributed by atoms with van der Waals surface area (Å²) < 4.78 is 10.7. The second kappa shape index (κ2) is 4.57. The van der Waals surface area contributed by atoms with Gasteiger partial charge in [0.05, 0.1) is 11.8 Å². The number of aromatic nitrogens is 2. The topological polar surface area (TPSA) is 52.1 Å². The van der Waals surface area contributed by atoms with Crippen LogP contribution in [0.3, 0.4) is 0 Å². The van der Waals surface area contributed by atoms with E-state index in [0.717, 1.165) is 22.6 Å². The van der Waals surface area contributed by atoms with Gasteiger partial charge in [-0.1, -0.05) is 23.9 Å². The normalized spacial score (nSPS) is 10.6. The highest BCUT2D eigenvalue weighted by Gasteiger charge is 2.12. The van der Waals surface area contributed by atoms with Crippen LogP contribution in [0.4, 0.5) is 0 Å². The number of thioether (sulfide) groups is 1. The third-order valence-electron chi connectivity index (χ3n) is 1.94. The van der Waals surface area contributed by atoms with Gasteiger partial charge < -0.3 is 8.83 Å². The van der Waals surface area contributed by atoms with E-state index < -0.39 is 0 Å². The van der Waals surface area contributed by atoms with Gasteiger partial charge in [0.25, 0.3) is 11.1 Å². The van der Waals surface area contributed by atoms with Crippen LogP contribution in [-0.4, -0.2) is 16.0 Å². The van der Waals surface area contributed by atoms with Crippen molar-refractivity contribution in [1.82, 2.24) is 10.2 Å². The van der Waals surface area contributed by atoms with E-state index in [0.29, 0.717) is 11.1 Å². The van der Waals surface area contributed by atoms with Crippen LogP contribution in [0.1, 0.15) is 12.7 Å². The standard InChI is InChI=1S/C11H12N2O2S/c1-7(2)6-16-11-13-12-10(15-11)9-4-5-14-8(9)3/h4-5H,1,6H2,2-3H3. The summed E-state index contributed by atoms with van der Waals surface area (Å²) in [6.45, 7) is 7.64. The van der Waals surface area contributed by atoms with Gasteiger partial charge in [-0.2, -0.15) is 0 Å². The summed E-state index contributed by atoms with van der Waals surface area (Å²) in [5.41, 5.74) is 1.92. The van der Waals surface area contributed by atoms with Crippen molar-refractivity contribution in [2.24, 2.45) is 0 Å². The molecule has 4 nitrogen and oxygen atoms in total. The number of hydrogen-bond donors (Lipinski definition) is 0.